The molecule has 0 aliphatic rings. The number of nitriles is 1. The lowest BCUT2D eigenvalue weighted by Crippen LogP contribution is -2.01. The van der Waals surface area contributed by atoms with Gasteiger partial charge in [-0.25, -0.2) is 4.79 Å². The first-order valence-electron chi connectivity index (χ1n) is 7.31. The predicted molar refractivity (Wildman–Crippen MR) is 88.9 cm³/mol. The van der Waals surface area contributed by atoms with E-state index in [-0.39, 0.29) is 0 Å². The molecule has 3 aromatic rings. The maximum Gasteiger partial charge on any atom is 0.337 e. The fourth-order valence-corrected chi connectivity index (χ4v) is 2.73. The van der Waals surface area contributed by atoms with Gasteiger partial charge in [-0.15, -0.1) is 0 Å². The van der Waals surface area contributed by atoms with Crippen LogP contribution in [0.4, 0.5) is 0 Å². The Morgan fingerprint density at radius 3 is 2.83 bits per heavy atom. The van der Waals surface area contributed by atoms with Gasteiger partial charge in [0.05, 0.1) is 24.3 Å². The Balaban J connectivity index is 2.07. The number of hydrogen-bond donors (Lipinski definition) is 0. The number of rotatable bonds is 4. The largest absolute Gasteiger partial charge is 0.465 e. The number of carbonyl (C=O) groups excluding carboxylic acids is 2. The molecular weight excluding hydrogens is 304 g/mol. The SMILES string of the molecule is COC(=O)c1ccc2c(c1)c(C=O)cn2Cc1cccc(C#N)c1. The van der Waals surface area contributed by atoms with Crippen LogP contribution in [-0.4, -0.2) is 23.9 Å². The van der Waals surface area contributed by atoms with Gasteiger partial charge in [-0.1, -0.05) is 12.1 Å². The molecule has 1 aromatic heterocycles. The highest BCUT2D eigenvalue weighted by Crippen LogP contribution is 2.23. The Bertz CT molecular complexity index is 980. The van der Waals surface area contributed by atoms with E-state index in [1.807, 2.05) is 22.8 Å². The number of esters is 1. The Morgan fingerprint density at radius 2 is 2.12 bits per heavy atom. The third kappa shape index (κ3) is 2.77. The molecule has 0 saturated heterocycles. The number of aromatic nitrogens is 1. The lowest BCUT2D eigenvalue weighted by Gasteiger charge is -2.06. The van der Waals surface area contributed by atoms with E-state index in [0.717, 1.165) is 17.4 Å². The second-order valence-electron chi connectivity index (χ2n) is 5.37. The Kier molecular flexibility index (Phi) is 4.13. The summed E-state index contributed by atoms with van der Waals surface area (Å²) < 4.78 is 6.65. The highest BCUT2D eigenvalue weighted by molar-refractivity contribution is 6.01. The van der Waals surface area contributed by atoms with Crippen molar-refractivity contribution in [3.63, 3.8) is 0 Å². The Morgan fingerprint density at radius 1 is 1.29 bits per heavy atom. The van der Waals surface area contributed by atoms with Crippen LogP contribution >= 0.6 is 0 Å². The van der Waals surface area contributed by atoms with Crippen LogP contribution in [0.15, 0.2) is 48.7 Å². The average molecular weight is 318 g/mol. The predicted octanol–water partition coefficient (Wildman–Crippen LogP) is 3.16. The molecule has 0 bridgehead atoms. The molecule has 0 atom stereocenters. The van der Waals surface area contributed by atoms with E-state index in [1.54, 1.807) is 30.5 Å². The first kappa shape index (κ1) is 15.5. The van der Waals surface area contributed by atoms with Gasteiger partial charge in [0.15, 0.2) is 6.29 Å². The van der Waals surface area contributed by atoms with Gasteiger partial charge in [-0.2, -0.15) is 5.26 Å². The molecule has 0 unspecified atom stereocenters. The van der Waals surface area contributed by atoms with Crippen molar-refractivity contribution in [2.75, 3.05) is 7.11 Å². The van der Waals surface area contributed by atoms with Crippen LogP contribution in [0.25, 0.3) is 10.9 Å². The number of methoxy groups -OCH3 is 1. The summed E-state index contributed by atoms with van der Waals surface area (Å²) in [5, 5.41) is 9.70. The number of fused-ring (bicyclic) bond motifs is 1. The molecule has 1 heterocycles. The second kappa shape index (κ2) is 6.39. The maximum absolute atomic E-state index is 11.7. The van der Waals surface area contributed by atoms with Gasteiger partial charge in [0.2, 0.25) is 0 Å². The monoisotopic (exact) mass is 318 g/mol. The summed E-state index contributed by atoms with van der Waals surface area (Å²) in [5.74, 6) is -0.441. The zero-order valence-electron chi connectivity index (χ0n) is 13.0. The van der Waals surface area contributed by atoms with Gasteiger partial charge in [0.25, 0.3) is 0 Å². The Labute approximate surface area is 138 Å². The lowest BCUT2D eigenvalue weighted by atomic mass is 10.1. The summed E-state index contributed by atoms with van der Waals surface area (Å²) in [4.78, 5) is 23.0. The molecule has 5 heteroatoms. The van der Waals surface area contributed by atoms with Crippen LogP contribution < -0.4 is 0 Å². The lowest BCUT2D eigenvalue weighted by molar-refractivity contribution is 0.0600. The van der Waals surface area contributed by atoms with E-state index in [2.05, 4.69) is 6.07 Å². The van der Waals surface area contributed by atoms with Crippen molar-refractivity contribution in [2.45, 2.75) is 6.54 Å². The quantitative estimate of drug-likeness (QED) is 0.547. The van der Waals surface area contributed by atoms with Gasteiger partial charge in [-0.3, -0.25) is 4.79 Å². The smallest absolute Gasteiger partial charge is 0.337 e. The molecule has 2 aromatic carbocycles. The molecule has 118 valence electrons. The summed E-state index contributed by atoms with van der Waals surface area (Å²) in [6.45, 7) is 0.525. The highest BCUT2D eigenvalue weighted by atomic mass is 16.5. The first-order chi connectivity index (χ1) is 11.7. The van der Waals surface area contributed by atoms with Crippen molar-refractivity contribution in [3.05, 3.63) is 70.9 Å². The summed E-state index contributed by atoms with van der Waals surface area (Å²) >= 11 is 0. The van der Waals surface area contributed by atoms with E-state index in [4.69, 9.17) is 10.00 Å². The Hall–Kier alpha value is -3.39. The van der Waals surface area contributed by atoms with Crippen LogP contribution in [0.5, 0.6) is 0 Å². The van der Waals surface area contributed by atoms with E-state index in [9.17, 15) is 9.59 Å². The standard InChI is InChI=1S/C19H14N2O3/c1-24-19(23)15-5-6-18-17(8-15)16(12-22)11-21(18)10-14-4-2-3-13(7-14)9-20/h2-8,11-12H,10H2,1H3. The zero-order valence-corrected chi connectivity index (χ0v) is 13.0. The van der Waals surface area contributed by atoms with Crippen LogP contribution in [-0.2, 0) is 11.3 Å². The number of carbonyl (C=O) groups is 2. The van der Waals surface area contributed by atoms with Crippen LogP contribution in [0.1, 0.15) is 31.8 Å². The van der Waals surface area contributed by atoms with Crippen LogP contribution in [0, 0.1) is 11.3 Å². The summed E-state index contributed by atoms with van der Waals surface area (Å²) in [6.07, 6.45) is 2.52. The van der Waals surface area contributed by atoms with Crippen molar-refractivity contribution < 1.29 is 14.3 Å². The molecule has 0 N–H and O–H groups in total. The maximum atomic E-state index is 11.7. The first-order valence-corrected chi connectivity index (χ1v) is 7.31. The molecule has 24 heavy (non-hydrogen) atoms. The van der Waals surface area contributed by atoms with Crippen LogP contribution in [0.2, 0.25) is 0 Å². The van der Waals surface area contributed by atoms with Gasteiger partial charge >= 0.3 is 5.97 Å². The number of hydrogen-bond acceptors (Lipinski definition) is 4. The third-order valence-electron chi connectivity index (χ3n) is 3.87. The average Bonchev–Trinajstić information content (AvgIpc) is 2.98. The van der Waals surface area contributed by atoms with Crippen molar-refractivity contribution in [3.8, 4) is 6.07 Å². The molecular formula is C19H14N2O3. The molecule has 5 nitrogen and oxygen atoms in total. The fraction of sp³-hybridized carbons (Fsp3) is 0.105. The van der Waals surface area contributed by atoms with Crippen LogP contribution in [0.3, 0.4) is 0 Å². The van der Waals surface area contributed by atoms with E-state index in [0.29, 0.717) is 28.6 Å². The third-order valence-corrected chi connectivity index (χ3v) is 3.87. The molecule has 0 spiro atoms. The van der Waals surface area contributed by atoms with E-state index < -0.39 is 5.97 Å². The molecule has 0 saturated carbocycles. The minimum absolute atomic E-state index is 0.400. The zero-order chi connectivity index (χ0) is 17.1. The topological polar surface area (TPSA) is 72.1 Å². The molecule has 0 fully saturated rings. The number of ether oxygens (including phenoxy) is 1. The summed E-state index contributed by atoms with van der Waals surface area (Å²) in [5.41, 5.74) is 3.30. The second-order valence-corrected chi connectivity index (χ2v) is 5.37. The van der Waals surface area contributed by atoms with E-state index in [1.165, 1.54) is 7.11 Å². The molecule has 0 amide bonds. The highest BCUT2D eigenvalue weighted by Gasteiger charge is 2.12. The van der Waals surface area contributed by atoms with Crippen molar-refractivity contribution in [1.29, 1.82) is 5.26 Å². The fourth-order valence-electron chi connectivity index (χ4n) is 2.73. The van der Waals surface area contributed by atoms with Gasteiger partial charge in [0.1, 0.15) is 0 Å². The number of benzene rings is 2. The van der Waals surface area contributed by atoms with Gasteiger partial charge in [0, 0.05) is 29.2 Å². The van der Waals surface area contributed by atoms with Gasteiger partial charge < -0.3 is 9.30 Å². The van der Waals surface area contributed by atoms with E-state index >= 15 is 0 Å². The minimum atomic E-state index is -0.441. The minimum Gasteiger partial charge on any atom is -0.465 e. The van der Waals surface area contributed by atoms with Gasteiger partial charge in [-0.05, 0) is 35.9 Å². The summed E-state index contributed by atoms with van der Waals surface area (Å²) in [6, 6.07) is 14.6. The molecule has 0 aliphatic heterocycles. The number of aldehydes is 1. The molecule has 0 aliphatic carbocycles. The molecule has 3 rings (SSSR count). The van der Waals surface area contributed by atoms with Crippen molar-refractivity contribution in [2.24, 2.45) is 0 Å². The van der Waals surface area contributed by atoms with Crippen molar-refractivity contribution >= 4 is 23.2 Å². The number of nitrogens with zero attached hydrogens (tertiary/aromatic N) is 2. The normalized spacial score (nSPS) is 10.3. The molecule has 0 radical (unpaired) electrons. The summed E-state index contributed by atoms with van der Waals surface area (Å²) in [7, 11) is 1.32. The van der Waals surface area contributed by atoms with Crippen molar-refractivity contribution in [1.82, 2.24) is 4.57 Å².